The maximum atomic E-state index is 9.68. The summed E-state index contributed by atoms with van der Waals surface area (Å²) in [5.74, 6) is 0.846. The highest BCUT2D eigenvalue weighted by Crippen LogP contribution is 2.35. The van der Waals surface area contributed by atoms with Crippen LogP contribution in [0.5, 0.6) is 0 Å². The van der Waals surface area contributed by atoms with Gasteiger partial charge in [-0.3, -0.25) is 0 Å². The Bertz CT molecular complexity index is 722. The second kappa shape index (κ2) is 5.44. The van der Waals surface area contributed by atoms with Crippen molar-refractivity contribution >= 4 is 38.8 Å². The van der Waals surface area contributed by atoms with Gasteiger partial charge in [-0.1, -0.05) is 11.6 Å². The molecule has 1 unspecified atom stereocenters. The molecular formula is C14H13ClN2O2S. The maximum Gasteiger partial charge on any atom is 0.131 e. The van der Waals surface area contributed by atoms with Crippen molar-refractivity contribution in [2.75, 3.05) is 5.32 Å². The summed E-state index contributed by atoms with van der Waals surface area (Å²) in [5.41, 5.74) is 1.69. The van der Waals surface area contributed by atoms with Crippen LogP contribution in [0.3, 0.4) is 0 Å². The standard InChI is InChI=1S/C14H13ClN2O2S/c1-8(18)12-5-11-14(20-12)10(6-13(15)17-11)16-7-9-3-2-4-19-9/h2-6,8,18H,7H2,1H3,(H,16,17). The first kappa shape index (κ1) is 13.4. The molecule has 0 aromatic carbocycles. The van der Waals surface area contributed by atoms with Crippen LogP contribution in [0, 0.1) is 0 Å². The Morgan fingerprint density at radius 3 is 3.05 bits per heavy atom. The molecule has 104 valence electrons. The molecule has 3 rings (SSSR count). The molecule has 6 heteroatoms. The van der Waals surface area contributed by atoms with Gasteiger partial charge in [0.2, 0.25) is 0 Å². The Morgan fingerprint density at radius 1 is 1.50 bits per heavy atom. The molecule has 3 aromatic rings. The van der Waals surface area contributed by atoms with E-state index in [1.165, 1.54) is 11.3 Å². The summed E-state index contributed by atoms with van der Waals surface area (Å²) >= 11 is 7.55. The summed E-state index contributed by atoms with van der Waals surface area (Å²) in [6, 6.07) is 7.41. The molecule has 0 spiro atoms. The van der Waals surface area contributed by atoms with Gasteiger partial charge in [0.15, 0.2) is 0 Å². The number of rotatable bonds is 4. The van der Waals surface area contributed by atoms with Crippen molar-refractivity contribution in [1.82, 2.24) is 4.98 Å². The van der Waals surface area contributed by atoms with E-state index < -0.39 is 6.10 Å². The van der Waals surface area contributed by atoms with E-state index in [-0.39, 0.29) is 0 Å². The summed E-state index contributed by atoms with van der Waals surface area (Å²) in [5, 5.41) is 13.4. The van der Waals surface area contributed by atoms with Gasteiger partial charge in [0.25, 0.3) is 0 Å². The molecule has 0 amide bonds. The summed E-state index contributed by atoms with van der Waals surface area (Å²) in [4.78, 5) is 5.16. The predicted octanol–water partition coefficient (Wildman–Crippen LogP) is 4.21. The minimum absolute atomic E-state index is 0.425. The third-order valence-corrected chi connectivity index (χ3v) is 4.43. The fourth-order valence-corrected chi connectivity index (χ4v) is 3.17. The van der Waals surface area contributed by atoms with Gasteiger partial charge in [0.05, 0.1) is 34.8 Å². The molecule has 4 nitrogen and oxygen atoms in total. The number of anilines is 1. The van der Waals surface area contributed by atoms with E-state index in [0.29, 0.717) is 11.7 Å². The smallest absolute Gasteiger partial charge is 0.131 e. The van der Waals surface area contributed by atoms with Crippen LogP contribution in [0.15, 0.2) is 34.9 Å². The second-order valence-electron chi connectivity index (χ2n) is 4.46. The van der Waals surface area contributed by atoms with Crippen molar-refractivity contribution in [1.29, 1.82) is 0 Å². The molecule has 0 saturated carbocycles. The number of nitrogens with one attached hydrogen (secondary N) is 1. The summed E-state index contributed by atoms with van der Waals surface area (Å²) in [6.07, 6.45) is 1.13. The average Bonchev–Trinajstić information content (AvgIpc) is 3.04. The van der Waals surface area contributed by atoms with Crippen molar-refractivity contribution in [2.24, 2.45) is 0 Å². The molecule has 0 fully saturated rings. The Balaban J connectivity index is 1.96. The van der Waals surface area contributed by atoms with Crippen LogP contribution in [0.25, 0.3) is 10.2 Å². The SMILES string of the molecule is CC(O)c1cc2nc(Cl)cc(NCc3ccco3)c2s1. The van der Waals surface area contributed by atoms with Gasteiger partial charge in [-0.05, 0) is 25.1 Å². The first-order valence-electron chi connectivity index (χ1n) is 6.18. The normalized spacial score (nSPS) is 12.8. The zero-order chi connectivity index (χ0) is 14.1. The number of fused-ring (bicyclic) bond motifs is 1. The quantitative estimate of drug-likeness (QED) is 0.709. The molecule has 0 saturated heterocycles. The molecule has 3 heterocycles. The first-order chi connectivity index (χ1) is 9.63. The van der Waals surface area contributed by atoms with Crippen molar-refractivity contribution in [2.45, 2.75) is 19.6 Å². The van der Waals surface area contributed by atoms with Crippen molar-refractivity contribution in [3.63, 3.8) is 0 Å². The number of nitrogens with zero attached hydrogens (tertiary/aromatic N) is 1. The molecule has 0 aliphatic carbocycles. The number of aliphatic hydroxyl groups is 1. The summed E-state index contributed by atoms with van der Waals surface area (Å²) in [6.45, 7) is 2.31. The van der Waals surface area contributed by atoms with Crippen molar-refractivity contribution in [3.05, 3.63) is 46.3 Å². The van der Waals surface area contributed by atoms with Crippen LogP contribution in [0.2, 0.25) is 5.15 Å². The third kappa shape index (κ3) is 2.65. The monoisotopic (exact) mass is 308 g/mol. The molecule has 3 aromatic heterocycles. The van der Waals surface area contributed by atoms with Gasteiger partial charge in [-0.15, -0.1) is 11.3 Å². The first-order valence-corrected chi connectivity index (χ1v) is 7.37. The minimum Gasteiger partial charge on any atom is -0.467 e. The fourth-order valence-electron chi connectivity index (χ4n) is 1.94. The number of thiophene rings is 1. The van der Waals surface area contributed by atoms with Gasteiger partial charge in [-0.2, -0.15) is 0 Å². The van der Waals surface area contributed by atoms with Gasteiger partial charge in [-0.25, -0.2) is 4.98 Å². The fraction of sp³-hybridized carbons (Fsp3) is 0.214. The highest BCUT2D eigenvalue weighted by Gasteiger charge is 2.12. The minimum atomic E-state index is -0.508. The molecule has 0 aliphatic rings. The van der Waals surface area contributed by atoms with Crippen LogP contribution >= 0.6 is 22.9 Å². The van der Waals surface area contributed by atoms with E-state index in [1.807, 2.05) is 18.2 Å². The molecule has 0 aliphatic heterocycles. The van der Waals surface area contributed by atoms with Crippen molar-refractivity contribution in [3.8, 4) is 0 Å². The Morgan fingerprint density at radius 2 is 2.35 bits per heavy atom. The molecule has 0 bridgehead atoms. The van der Waals surface area contributed by atoms with Gasteiger partial charge >= 0.3 is 0 Å². The van der Waals surface area contributed by atoms with Gasteiger partial charge in [0, 0.05) is 10.9 Å². The number of furan rings is 1. The molecule has 0 radical (unpaired) electrons. The Kier molecular flexibility index (Phi) is 3.65. The summed E-state index contributed by atoms with van der Waals surface area (Å²) < 4.78 is 6.28. The lowest BCUT2D eigenvalue weighted by molar-refractivity contribution is 0.203. The number of pyridine rings is 1. The Labute approximate surface area is 125 Å². The number of halogens is 1. The maximum absolute atomic E-state index is 9.68. The zero-order valence-corrected chi connectivity index (χ0v) is 12.3. The largest absolute Gasteiger partial charge is 0.467 e. The van der Waals surface area contributed by atoms with E-state index >= 15 is 0 Å². The van der Waals surface area contributed by atoms with Crippen molar-refractivity contribution < 1.29 is 9.52 Å². The predicted molar refractivity (Wildman–Crippen MR) is 81.3 cm³/mol. The van der Waals surface area contributed by atoms with E-state index in [0.717, 1.165) is 26.5 Å². The van der Waals surface area contributed by atoms with Gasteiger partial charge in [0.1, 0.15) is 10.9 Å². The van der Waals surface area contributed by atoms with E-state index in [9.17, 15) is 5.11 Å². The van der Waals surface area contributed by atoms with E-state index in [4.69, 9.17) is 16.0 Å². The molecule has 1 atom stereocenters. The average molecular weight is 309 g/mol. The van der Waals surface area contributed by atoms with E-state index in [2.05, 4.69) is 10.3 Å². The molecule has 2 N–H and O–H groups in total. The number of hydrogen-bond donors (Lipinski definition) is 2. The number of hydrogen-bond acceptors (Lipinski definition) is 5. The van der Waals surface area contributed by atoms with Crippen LogP contribution < -0.4 is 5.32 Å². The zero-order valence-electron chi connectivity index (χ0n) is 10.8. The molecule has 20 heavy (non-hydrogen) atoms. The van der Waals surface area contributed by atoms with E-state index in [1.54, 1.807) is 19.3 Å². The Hall–Kier alpha value is -1.56. The van der Waals surface area contributed by atoms with Crippen LogP contribution in [0.1, 0.15) is 23.7 Å². The van der Waals surface area contributed by atoms with Crippen LogP contribution in [-0.4, -0.2) is 10.1 Å². The lowest BCUT2D eigenvalue weighted by Gasteiger charge is -2.06. The highest BCUT2D eigenvalue weighted by molar-refractivity contribution is 7.19. The molecular weight excluding hydrogens is 296 g/mol. The van der Waals surface area contributed by atoms with Crippen LogP contribution in [-0.2, 0) is 6.54 Å². The van der Waals surface area contributed by atoms with Crippen LogP contribution in [0.4, 0.5) is 5.69 Å². The number of aliphatic hydroxyl groups excluding tert-OH is 1. The van der Waals surface area contributed by atoms with Gasteiger partial charge < -0.3 is 14.8 Å². The third-order valence-electron chi connectivity index (χ3n) is 2.91. The second-order valence-corrected chi connectivity index (χ2v) is 5.94. The number of aromatic nitrogens is 1. The lowest BCUT2D eigenvalue weighted by Crippen LogP contribution is -1.98. The summed E-state index contributed by atoms with van der Waals surface area (Å²) in [7, 11) is 0. The lowest BCUT2D eigenvalue weighted by atomic mass is 10.3. The topological polar surface area (TPSA) is 58.3 Å². The highest BCUT2D eigenvalue weighted by atomic mass is 35.5.